The first-order valence-electron chi connectivity index (χ1n) is 6.59. The second kappa shape index (κ2) is 7.61. The molecule has 0 aliphatic heterocycles. The van der Waals surface area contributed by atoms with Gasteiger partial charge in [-0.1, -0.05) is 17.9 Å². The summed E-state index contributed by atoms with van der Waals surface area (Å²) >= 11 is 3.55. The van der Waals surface area contributed by atoms with Crippen molar-refractivity contribution >= 4 is 22.7 Å². The van der Waals surface area contributed by atoms with Gasteiger partial charge in [0, 0.05) is 33.3 Å². The molecular weight excluding hydrogens is 286 g/mol. The minimum Gasteiger partial charge on any atom is -0.384 e. The number of aliphatic hydroxyl groups excluding tert-OH is 1. The maximum Gasteiger partial charge on any atom is 0.104 e. The van der Waals surface area contributed by atoms with Crippen LogP contribution in [-0.4, -0.2) is 29.7 Å². The second-order valence-electron chi connectivity index (χ2n) is 4.81. The fraction of sp³-hybridized carbons (Fsp3) is 0.375. The summed E-state index contributed by atoms with van der Waals surface area (Å²) in [5, 5.41) is 12.9. The Morgan fingerprint density at radius 1 is 1.35 bits per heavy atom. The van der Waals surface area contributed by atoms with Gasteiger partial charge in [-0.3, -0.25) is 4.90 Å². The van der Waals surface area contributed by atoms with Crippen LogP contribution in [0.2, 0.25) is 0 Å². The van der Waals surface area contributed by atoms with Crippen molar-refractivity contribution in [3.63, 3.8) is 0 Å². The van der Waals surface area contributed by atoms with Gasteiger partial charge in [0.1, 0.15) is 6.61 Å². The molecule has 106 valence electrons. The van der Waals surface area contributed by atoms with Crippen molar-refractivity contribution in [1.82, 2.24) is 4.90 Å². The lowest BCUT2D eigenvalue weighted by Gasteiger charge is -2.23. The van der Waals surface area contributed by atoms with Gasteiger partial charge in [-0.25, -0.2) is 0 Å². The molecule has 0 radical (unpaired) electrons. The van der Waals surface area contributed by atoms with E-state index >= 15 is 0 Å². The van der Waals surface area contributed by atoms with Gasteiger partial charge in [0.25, 0.3) is 0 Å². The third-order valence-corrected chi connectivity index (χ3v) is 5.02. The SMILES string of the molecule is CC(Cc1cccs1)N(C)Cc1cc(C#CCO)cs1. The summed E-state index contributed by atoms with van der Waals surface area (Å²) in [6.07, 6.45) is 1.09. The van der Waals surface area contributed by atoms with Gasteiger partial charge in [-0.2, -0.15) is 0 Å². The predicted molar refractivity (Wildman–Crippen MR) is 87.2 cm³/mol. The lowest BCUT2D eigenvalue weighted by molar-refractivity contribution is 0.251. The average Bonchev–Trinajstić information content (AvgIpc) is 3.08. The van der Waals surface area contributed by atoms with Crippen molar-refractivity contribution in [2.45, 2.75) is 25.9 Å². The fourth-order valence-corrected chi connectivity index (χ4v) is 3.65. The van der Waals surface area contributed by atoms with Crippen LogP contribution in [0.1, 0.15) is 22.2 Å². The van der Waals surface area contributed by atoms with E-state index in [2.05, 4.69) is 59.7 Å². The molecule has 2 nitrogen and oxygen atoms in total. The molecule has 2 heterocycles. The van der Waals surface area contributed by atoms with Crippen LogP contribution in [0, 0.1) is 11.8 Å². The third-order valence-electron chi connectivity index (χ3n) is 3.20. The zero-order chi connectivity index (χ0) is 14.4. The molecule has 1 unspecified atom stereocenters. The van der Waals surface area contributed by atoms with Gasteiger partial charge < -0.3 is 5.11 Å². The molecule has 2 rings (SSSR count). The maximum atomic E-state index is 8.70. The highest BCUT2D eigenvalue weighted by molar-refractivity contribution is 7.10. The largest absolute Gasteiger partial charge is 0.384 e. The number of thiophene rings is 2. The van der Waals surface area contributed by atoms with E-state index in [-0.39, 0.29) is 6.61 Å². The number of aliphatic hydroxyl groups is 1. The molecule has 0 aromatic carbocycles. The van der Waals surface area contributed by atoms with Crippen LogP contribution in [0.15, 0.2) is 29.0 Å². The van der Waals surface area contributed by atoms with Crippen LogP contribution in [0.3, 0.4) is 0 Å². The molecule has 0 saturated carbocycles. The number of likely N-dealkylation sites (N-methyl/N-ethyl adjacent to an activating group) is 1. The van der Waals surface area contributed by atoms with Gasteiger partial charge in [0.2, 0.25) is 0 Å². The molecule has 1 atom stereocenters. The summed E-state index contributed by atoms with van der Waals surface area (Å²) in [5.41, 5.74) is 0.998. The minimum absolute atomic E-state index is 0.0804. The normalized spacial score (nSPS) is 12.2. The quantitative estimate of drug-likeness (QED) is 0.858. The smallest absolute Gasteiger partial charge is 0.104 e. The predicted octanol–water partition coefficient (Wildman–Crippen LogP) is 3.22. The van der Waals surface area contributed by atoms with E-state index < -0.39 is 0 Å². The molecule has 0 saturated heterocycles. The van der Waals surface area contributed by atoms with E-state index in [1.165, 1.54) is 9.75 Å². The molecule has 0 spiro atoms. The monoisotopic (exact) mass is 305 g/mol. The highest BCUT2D eigenvalue weighted by Gasteiger charge is 2.12. The van der Waals surface area contributed by atoms with E-state index in [0.29, 0.717) is 6.04 Å². The van der Waals surface area contributed by atoms with Crippen LogP contribution in [0.5, 0.6) is 0 Å². The topological polar surface area (TPSA) is 23.5 Å². The molecule has 1 N–H and O–H groups in total. The Bertz CT molecular complexity index is 577. The first-order chi connectivity index (χ1) is 9.69. The molecule has 4 heteroatoms. The van der Waals surface area contributed by atoms with Gasteiger partial charge in [-0.15, -0.1) is 22.7 Å². The Hall–Kier alpha value is -1.12. The molecule has 2 aromatic heterocycles. The summed E-state index contributed by atoms with van der Waals surface area (Å²) in [4.78, 5) is 5.12. The van der Waals surface area contributed by atoms with Crippen molar-refractivity contribution in [3.8, 4) is 11.8 Å². The van der Waals surface area contributed by atoms with Crippen molar-refractivity contribution in [1.29, 1.82) is 0 Å². The van der Waals surface area contributed by atoms with Crippen molar-refractivity contribution < 1.29 is 5.11 Å². The Balaban J connectivity index is 1.90. The standard InChI is InChI=1S/C16H19NOS2/c1-13(9-15-6-4-8-19-15)17(2)11-16-10-14(12-20-16)5-3-7-18/h4,6,8,10,12-13,18H,7,9,11H2,1-2H3. The summed E-state index contributed by atoms with van der Waals surface area (Å²) in [5.74, 6) is 5.63. The number of hydrogen-bond donors (Lipinski definition) is 1. The molecule has 2 aromatic rings. The van der Waals surface area contributed by atoms with Gasteiger partial charge in [-0.05, 0) is 37.9 Å². The molecule has 0 aliphatic carbocycles. The van der Waals surface area contributed by atoms with Gasteiger partial charge in [0.15, 0.2) is 0 Å². The Labute approximate surface area is 128 Å². The summed E-state index contributed by atoms with van der Waals surface area (Å²) in [6.45, 7) is 3.13. The molecule has 0 fully saturated rings. The second-order valence-corrected chi connectivity index (χ2v) is 6.84. The van der Waals surface area contributed by atoms with E-state index in [0.717, 1.165) is 18.5 Å². The lowest BCUT2D eigenvalue weighted by atomic mass is 10.2. The first-order valence-corrected chi connectivity index (χ1v) is 8.34. The van der Waals surface area contributed by atoms with Crippen LogP contribution in [0.25, 0.3) is 0 Å². The average molecular weight is 305 g/mol. The Morgan fingerprint density at radius 3 is 2.90 bits per heavy atom. The minimum atomic E-state index is -0.0804. The first kappa shape index (κ1) is 15.3. The van der Waals surface area contributed by atoms with Crippen LogP contribution in [-0.2, 0) is 13.0 Å². The molecular formula is C16H19NOS2. The fourth-order valence-electron chi connectivity index (χ4n) is 1.95. The number of nitrogens with zero attached hydrogens (tertiary/aromatic N) is 1. The third kappa shape index (κ3) is 4.46. The van der Waals surface area contributed by atoms with Gasteiger partial charge in [0.05, 0.1) is 0 Å². The summed E-state index contributed by atoms with van der Waals surface area (Å²) in [7, 11) is 2.16. The number of rotatable bonds is 5. The maximum absolute atomic E-state index is 8.70. The summed E-state index contributed by atoms with van der Waals surface area (Å²) < 4.78 is 0. The summed E-state index contributed by atoms with van der Waals surface area (Å²) in [6, 6.07) is 6.94. The highest BCUT2D eigenvalue weighted by atomic mass is 32.1. The van der Waals surface area contributed by atoms with E-state index in [9.17, 15) is 0 Å². The zero-order valence-corrected chi connectivity index (χ0v) is 13.4. The van der Waals surface area contributed by atoms with Crippen molar-refractivity contribution in [3.05, 3.63) is 44.3 Å². The molecule has 0 aliphatic rings. The van der Waals surface area contributed by atoms with E-state index in [4.69, 9.17) is 5.11 Å². The molecule has 20 heavy (non-hydrogen) atoms. The van der Waals surface area contributed by atoms with Crippen molar-refractivity contribution in [2.24, 2.45) is 0 Å². The Kier molecular flexibility index (Phi) is 5.81. The van der Waals surface area contributed by atoms with Crippen LogP contribution < -0.4 is 0 Å². The van der Waals surface area contributed by atoms with Crippen LogP contribution in [0.4, 0.5) is 0 Å². The van der Waals surface area contributed by atoms with Crippen LogP contribution >= 0.6 is 22.7 Å². The van der Waals surface area contributed by atoms with E-state index in [1.54, 1.807) is 11.3 Å². The van der Waals surface area contributed by atoms with Gasteiger partial charge >= 0.3 is 0 Å². The van der Waals surface area contributed by atoms with E-state index in [1.807, 2.05) is 11.3 Å². The lowest BCUT2D eigenvalue weighted by Crippen LogP contribution is -2.29. The highest BCUT2D eigenvalue weighted by Crippen LogP contribution is 2.19. The Morgan fingerprint density at radius 2 is 2.20 bits per heavy atom. The molecule has 0 amide bonds. The van der Waals surface area contributed by atoms with Crippen molar-refractivity contribution in [2.75, 3.05) is 13.7 Å². The molecule has 0 bridgehead atoms. The zero-order valence-electron chi connectivity index (χ0n) is 11.8. The number of hydrogen-bond acceptors (Lipinski definition) is 4.